The molecule has 0 aromatic carbocycles. The van der Waals surface area contributed by atoms with Gasteiger partial charge in [-0.1, -0.05) is 0 Å². The number of nitrogens with one attached hydrogen (secondary N) is 1. The van der Waals surface area contributed by atoms with E-state index in [2.05, 4.69) is 10.3 Å². The van der Waals surface area contributed by atoms with Crippen LogP contribution in [-0.4, -0.2) is 36.1 Å². The zero-order valence-corrected chi connectivity index (χ0v) is 12.5. The summed E-state index contributed by atoms with van der Waals surface area (Å²) in [7, 11) is 0. The van der Waals surface area contributed by atoms with Gasteiger partial charge in [-0.2, -0.15) is 0 Å². The first-order valence-electron chi connectivity index (χ1n) is 7.26. The third kappa shape index (κ3) is 5.93. The van der Waals surface area contributed by atoms with Gasteiger partial charge >= 0.3 is 0 Å². The normalized spacial score (nSPS) is 16.3. The number of alkyl halides is 2. The van der Waals surface area contributed by atoms with Crippen LogP contribution in [-0.2, 0) is 16.1 Å². The maximum atomic E-state index is 12.7. The Balaban J connectivity index is 1.84. The number of carbonyl (C=O) groups is 1. The lowest BCUT2D eigenvalue weighted by molar-refractivity contribution is -0.127. The highest BCUT2D eigenvalue weighted by Crippen LogP contribution is 2.18. The molecule has 0 saturated carbocycles. The minimum atomic E-state index is -3.00. The van der Waals surface area contributed by atoms with Gasteiger partial charge in [0.1, 0.15) is 6.10 Å². The van der Waals surface area contributed by atoms with Crippen LogP contribution in [0.15, 0.2) is 18.3 Å². The Morgan fingerprint density at radius 1 is 1.50 bits per heavy atom. The molecule has 1 aliphatic rings. The first-order chi connectivity index (χ1) is 10.4. The van der Waals surface area contributed by atoms with Gasteiger partial charge in [-0.15, -0.1) is 0 Å². The van der Waals surface area contributed by atoms with E-state index < -0.39 is 18.3 Å². The summed E-state index contributed by atoms with van der Waals surface area (Å²) in [6, 6.07) is 3.42. The maximum Gasteiger partial charge on any atom is 0.254 e. The monoisotopic (exact) mass is 314 g/mol. The quantitative estimate of drug-likeness (QED) is 0.875. The molecule has 1 fully saturated rings. The first kappa shape index (κ1) is 16.6. The number of halogens is 2. The summed E-state index contributed by atoms with van der Waals surface area (Å²) in [6.45, 7) is 2.23. The molecule has 1 N–H and O–H groups in total. The van der Waals surface area contributed by atoms with Gasteiger partial charge in [0.2, 0.25) is 11.8 Å². The van der Waals surface area contributed by atoms with Crippen molar-refractivity contribution in [3.05, 3.63) is 23.9 Å². The van der Waals surface area contributed by atoms with E-state index in [1.807, 2.05) is 0 Å². The van der Waals surface area contributed by atoms with Crippen molar-refractivity contribution >= 4 is 5.91 Å². The van der Waals surface area contributed by atoms with E-state index in [4.69, 9.17) is 9.47 Å². The third-order valence-electron chi connectivity index (χ3n) is 3.22. The molecule has 0 bridgehead atoms. The second kappa shape index (κ2) is 7.49. The molecule has 5 nitrogen and oxygen atoms in total. The number of hydrogen-bond donors (Lipinski definition) is 1. The molecule has 0 spiro atoms. The van der Waals surface area contributed by atoms with Crippen LogP contribution in [0.5, 0.6) is 5.88 Å². The smallest absolute Gasteiger partial charge is 0.254 e. The fourth-order valence-corrected chi connectivity index (χ4v) is 2.13. The van der Waals surface area contributed by atoms with Gasteiger partial charge in [0.25, 0.3) is 5.92 Å². The molecule has 0 radical (unpaired) electrons. The van der Waals surface area contributed by atoms with Crippen LogP contribution in [0.4, 0.5) is 8.78 Å². The Morgan fingerprint density at radius 3 is 2.91 bits per heavy atom. The number of hydrogen-bond acceptors (Lipinski definition) is 4. The van der Waals surface area contributed by atoms with Gasteiger partial charge in [-0.25, -0.2) is 13.8 Å². The summed E-state index contributed by atoms with van der Waals surface area (Å²) in [5.41, 5.74) is 0.754. The van der Waals surface area contributed by atoms with Crippen molar-refractivity contribution < 1.29 is 23.0 Å². The number of rotatable bonds is 6. The maximum absolute atomic E-state index is 12.7. The van der Waals surface area contributed by atoms with Gasteiger partial charge in [0.15, 0.2) is 0 Å². The number of nitrogens with zero attached hydrogens (tertiary/aromatic N) is 1. The predicted octanol–water partition coefficient (Wildman–Crippen LogP) is 2.30. The van der Waals surface area contributed by atoms with Gasteiger partial charge in [-0.3, -0.25) is 4.79 Å². The van der Waals surface area contributed by atoms with Gasteiger partial charge in [0, 0.05) is 31.6 Å². The lowest BCUT2D eigenvalue weighted by atomic mass is 10.1. The SMILES string of the molecule is CC(F)(F)CC(=O)NCc1ccnc(OC2CCOCC2)c1. The van der Waals surface area contributed by atoms with Crippen LogP contribution in [0.1, 0.15) is 31.7 Å². The van der Waals surface area contributed by atoms with E-state index >= 15 is 0 Å². The second-order valence-electron chi connectivity index (χ2n) is 5.46. The van der Waals surface area contributed by atoms with E-state index in [1.165, 1.54) is 0 Å². The molecule has 122 valence electrons. The molecule has 7 heteroatoms. The van der Waals surface area contributed by atoms with Crippen LogP contribution in [0.25, 0.3) is 0 Å². The van der Waals surface area contributed by atoms with Crippen LogP contribution in [0.3, 0.4) is 0 Å². The van der Waals surface area contributed by atoms with Crippen LogP contribution < -0.4 is 10.1 Å². The zero-order valence-electron chi connectivity index (χ0n) is 12.5. The zero-order chi connectivity index (χ0) is 16.0. The van der Waals surface area contributed by atoms with Crippen LogP contribution >= 0.6 is 0 Å². The van der Waals surface area contributed by atoms with E-state index in [9.17, 15) is 13.6 Å². The molecular formula is C15H20F2N2O3. The summed E-state index contributed by atoms with van der Waals surface area (Å²) < 4.78 is 36.5. The molecule has 1 aromatic heterocycles. The van der Waals surface area contributed by atoms with E-state index in [1.54, 1.807) is 18.3 Å². The fourth-order valence-electron chi connectivity index (χ4n) is 2.13. The Morgan fingerprint density at radius 2 is 2.23 bits per heavy atom. The second-order valence-corrected chi connectivity index (χ2v) is 5.46. The Bertz CT molecular complexity index is 500. The third-order valence-corrected chi connectivity index (χ3v) is 3.22. The highest BCUT2D eigenvalue weighted by atomic mass is 19.3. The lowest BCUT2D eigenvalue weighted by Crippen LogP contribution is -2.29. The van der Waals surface area contributed by atoms with E-state index in [0.717, 1.165) is 25.3 Å². The Kier molecular flexibility index (Phi) is 5.65. The molecular weight excluding hydrogens is 294 g/mol. The molecule has 0 atom stereocenters. The fraction of sp³-hybridized carbons (Fsp3) is 0.600. The summed E-state index contributed by atoms with van der Waals surface area (Å²) in [4.78, 5) is 15.5. The summed E-state index contributed by atoms with van der Waals surface area (Å²) in [5.74, 6) is -3.21. The van der Waals surface area contributed by atoms with Gasteiger partial charge < -0.3 is 14.8 Å². The topological polar surface area (TPSA) is 60.5 Å². The molecule has 1 saturated heterocycles. The molecule has 2 heterocycles. The summed E-state index contributed by atoms with van der Waals surface area (Å²) >= 11 is 0. The Labute approximate surface area is 128 Å². The molecule has 0 aliphatic carbocycles. The number of ether oxygens (including phenoxy) is 2. The number of amides is 1. The van der Waals surface area contributed by atoms with Gasteiger partial charge in [-0.05, 0) is 18.6 Å². The highest BCUT2D eigenvalue weighted by Gasteiger charge is 2.25. The van der Waals surface area contributed by atoms with Crippen molar-refractivity contribution in [2.75, 3.05) is 13.2 Å². The van der Waals surface area contributed by atoms with Crippen molar-refractivity contribution in [3.63, 3.8) is 0 Å². The average Bonchev–Trinajstić information content (AvgIpc) is 2.45. The summed E-state index contributed by atoms with van der Waals surface area (Å²) in [5, 5.41) is 2.46. The molecule has 2 rings (SSSR count). The van der Waals surface area contributed by atoms with Crippen LogP contribution in [0.2, 0.25) is 0 Å². The molecule has 0 unspecified atom stereocenters. The number of aromatic nitrogens is 1. The molecule has 1 aromatic rings. The standard InChI is InChI=1S/C15H20F2N2O3/c1-15(16,17)9-13(20)19-10-11-2-5-18-14(8-11)22-12-3-6-21-7-4-12/h2,5,8,12H,3-4,6-7,9-10H2,1H3,(H,19,20). The molecule has 1 amide bonds. The van der Waals surface area contributed by atoms with Crippen molar-refractivity contribution in [3.8, 4) is 5.88 Å². The van der Waals surface area contributed by atoms with Crippen LogP contribution in [0, 0.1) is 0 Å². The Hall–Kier alpha value is -1.76. The van der Waals surface area contributed by atoms with Crippen molar-refractivity contribution in [2.45, 2.75) is 44.8 Å². The average molecular weight is 314 g/mol. The minimum absolute atomic E-state index is 0.0740. The van der Waals surface area contributed by atoms with Crippen molar-refractivity contribution in [2.24, 2.45) is 0 Å². The largest absolute Gasteiger partial charge is 0.474 e. The first-order valence-corrected chi connectivity index (χ1v) is 7.26. The molecule has 1 aliphatic heterocycles. The minimum Gasteiger partial charge on any atom is -0.474 e. The van der Waals surface area contributed by atoms with E-state index in [0.29, 0.717) is 19.1 Å². The number of carbonyl (C=O) groups excluding carboxylic acids is 1. The summed E-state index contributed by atoms with van der Waals surface area (Å²) in [6.07, 6.45) is 2.46. The number of pyridine rings is 1. The predicted molar refractivity (Wildman–Crippen MR) is 75.8 cm³/mol. The molecule has 22 heavy (non-hydrogen) atoms. The highest BCUT2D eigenvalue weighted by molar-refractivity contribution is 5.76. The van der Waals surface area contributed by atoms with Crippen molar-refractivity contribution in [1.29, 1.82) is 0 Å². The van der Waals surface area contributed by atoms with E-state index in [-0.39, 0.29) is 12.6 Å². The lowest BCUT2D eigenvalue weighted by Gasteiger charge is -2.22. The van der Waals surface area contributed by atoms with Crippen molar-refractivity contribution in [1.82, 2.24) is 10.3 Å². The van der Waals surface area contributed by atoms with Gasteiger partial charge in [0.05, 0.1) is 19.6 Å².